The normalized spacial score (nSPS) is 15.0. The highest BCUT2D eigenvalue weighted by Gasteiger charge is 2.36. The number of benzene rings is 1. The quantitative estimate of drug-likeness (QED) is 0.673. The molecule has 1 aliphatic heterocycles. The lowest BCUT2D eigenvalue weighted by molar-refractivity contribution is -0.137. The van der Waals surface area contributed by atoms with Crippen LogP contribution in [-0.4, -0.2) is 34.0 Å². The number of hydrogen-bond acceptors (Lipinski definition) is 5. The Morgan fingerprint density at radius 2 is 2.07 bits per heavy atom. The Hall–Kier alpha value is -2.68. The zero-order chi connectivity index (χ0) is 19.0. The van der Waals surface area contributed by atoms with Crippen LogP contribution in [0.4, 0.5) is 13.2 Å². The first-order valence-electron chi connectivity index (χ1n) is 8.21. The van der Waals surface area contributed by atoms with Gasteiger partial charge in [0.2, 0.25) is 17.6 Å². The average Bonchev–Trinajstić information content (AvgIpc) is 3.25. The summed E-state index contributed by atoms with van der Waals surface area (Å²) in [5, 5.41) is 5.71. The van der Waals surface area contributed by atoms with Crippen molar-refractivity contribution in [3.8, 4) is 11.4 Å². The van der Waals surface area contributed by atoms with Crippen molar-refractivity contribution in [2.45, 2.75) is 18.5 Å². The van der Waals surface area contributed by atoms with Gasteiger partial charge in [-0.25, -0.2) is 0 Å². The van der Waals surface area contributed by atoms with Gasteiger partial charge in [-0.2, -0.15) is 18.2 Å². The van der Waals surface area contributed by atoms with E-state index in [1.165, 1.54) is 23.5 Å². The molecule has 1 fully saturated rings. The van der Waals surface area contributed by atoms with E-state index in [4.69, 9.17) is 4.52 Å². The molecule has 4 rings (SSSR count). The van der Waals surface area contributed by atoms with Gasteiger partial charge in [-0.15, -0.1) is 11.3 Å². The minimum atomic E-state index is -4.43. The maximum absolute atomic E-state index is 12.8. The van der Waals surface area contributed by atoms with Crippen LogP contribution >= 0.6 is 11.3 Å². The maximum Gasteiger partial charge on any atom is 0.416 e. The molecule has 0 saturated carbocycles. The van der Waals surface area contributed by atoms with E-state index in [1.54, 1.807) is 4.90 Å². The minimum Gasteiger partial charge on any atom is -0.341 e. The van der Waals surface area contributed by atoms with Crippen molar-refractivity contribution >= 4 is 17.2 Å². The smallest absolute Gasteiger partial charge is 0.341 e. The average molecular weight is 393 g/mol. The van der Waals surface area contributed by atoms with Crippen molar-refractivity contribution in [3.63, 3.8) is 0 Å². The highest BCUT2D eigenvalue weighted by molar-refractivity contribution is 7.10. The predicted octanol–water partition coefficient (Wildman–Crippen LogP) is 3.99. The van der Waals surface area contributed by atoms with Gasteiger partial charge in [0.15, 0.2) is 0 Å². The summed E-state index contributed by atoms with van der Waals surface area (Å²) in [6.45, 7) is 0.933. The Morgan fingerprint density at radius 3 is 2.78 bits per heavy atom. The molecule has 0 bridgehead atoms. The van der Waals surface area contributed by atoms with E-state index in [2.05, 4.69) is 10.1 Å². The van der Waals surface area contributed by atoms with Crippen LogP contribution in [-0.2, 0) is 17.4 Å². The fourth-order valence-electron chi connectivity index (χ4n) is 2.87. The monoisotopic (exact) mass is 393 g/mol. The van der Waals surface area contributed by atoms with Gasteiger partial charge in [0.05, 0.1) is 17.9 Å². The molecule has 0 N–H and O–H groups in total. The number of carbonyl (C=O) groups is 1. The van der Waals surface area contributed by atoms with Crippen LogP contribution in [0.2, 0.25) is 0 Å². The Bertz CT molecular complexity index is 947. The molecule has 3 aromatic rings. The molecule has 1 aromatic carbocycles. The molecule has 0 spiro atoms. The van der Waals surface area contributed by atoms with E-state index >= 15 is 0 Å². The third-order valence-corrected chi connectivity index (χ3v) is 5.26. The first-order valence-corrected chi connectivity index (χ1v) is 9.09. The fraction of sp³-hybridized carbons (Fsp3) is 0.278. The van der Waals surface area contributed by atoms with Crippen molar-refractivity contribution < 1.29 is 22.5 Å². The third-order valence-electron chi connectivity index (χ3n) is 4.38. The van der Waals surface area contributed by atoms with Crippen molar-refractivity contribution in [1.29, 1.82) is 0 Å². The van der Waals surface area contributed by atoms with Gasteiger partial charge in [-0.1, -0.05) is 23.4 Å². The number of aromatic nitrogens is 2. The highest BCUT2D eigenvalue weighted by Crippen LogP contribution is 2.32. The van der Waals surface area contributed by atoms with Crippen molar-refractivity contribution in [2.24, 2.45) is 0 Å². The van der Waals surface area contributed by atoms with E-state index in [-0.39, 0.29) is 23.2 Å². The second kappa shape index (κ2) is 6.80. The number of likely N-dealkylation sites (tertiary alicyclic amines) is 1. The van der Waals surface area contributed by atoms with Crippen molar-refractivity contribution in [3.05, 3.63) is 58.1 Å². The predicted molar refractivity (Wildman–Crippen MR) is 92.1 cm³/mol. The van der Waals surface area contributed by atoms with Gasteiger partial charge >= 0.3 is 6.18 Å². The highest BCUT2D eigenvalue weighted by atomic mass is 32.1. The molecule has 1 aliphatic rings. The summed E-state index contributed by atoms with van der Waals surface area (Å²) in [6.07, 6.45) is -4.07. The van der Waals surface area contributed by atoms with E-state index in [0.29, 0.717) is 25.4 Å². The van der Waals surface area contributed by atoms with Crippen molar-refractivity contribution in [2.75, 3.05) is 13.1 Å². The Labute approximate surface area is 156 Å². The molecule has 27 heavy (non-hydrogen) atoms. The molecule has 5 nitrogen and oxygen atoms in total. The fourth-order valence-corrected chi connectivity index (χ4v) is 3.56. The number of nitrogens with zero attached hydrogens (tertiary/aromatic N) is 3. The van der Waals surface area contributed by atoms with Crippen LogP contribution < -0.4 is 0 Å². The summed E-state index contributed by atoms with van der Waals surface area (Å²) in [4.78, 5) is 19.1. The lowest BCUT2D eigenvalue weighted by Crippen LogP contribution is -2.49. The molecule has 0 unspecified atom stereocenters. The SMILES string of the molecule is O=C(Cc1cccs1)N1CC(c2nc(-c3cccc(C(F)(F)F)c3)no2)C1. The molecule has 3 heterocycles. The summed E-state index contributed by atoms with van der Waals surface area (Å²) >= 11 is 1.54. The molecule has 1 amide bonds. The van der Waals surface area contributed by atoms with Gasteiger partial charge < -0.3 is 9.42 Å². The molecular weight excluding hydrogens is 379 g/mol. The second-order valence-electron chi connectivity index (χ2n) is 6.29. The Kier molecular flexibility index (Phi) is 4.47. The van der Waals surface area contributed by atoms with E-state index in [1.807, 2.05) is 17.5 Å². The summed E-state index contributed by atoms with van der Waals surface area (Å²) < 4.78 is 43.7. The lowest BCUT2D eigenvalue weighted by atomic mass is 9.99. The van der Waals surface area contributed by atoms with Crippen molar-refractivity contribution in [1.82, 2.24) is 15.0 Å². The first kappa shape index (κ1) is 17.7. The zero-order valence-corrected chi connectivity index (χ0v) is 14.8. The largest absolute Gasteiger partial charge is 0.416 e. The number of carbonyl (C=O) groups excluding carboxylic acids is 1. The zero-order valence-electron chi connectivity index (χ0n) is 13.9. The lowest BCUT2D eigenvalue weighted by Gasteiger charge is -2.37. The molecule has 9 heteroatoms. The number of amides is 1. The van der Waals surface area contributed by atoms with E-state index in [0.717, 1.165) is 17.0 Å². The van der Waals surface area contributed by atoms with Gasteiger partial charge in [-0.3, -0.25) is 4.79 Å². The number of rotatable bonds is 4. The van der Waals surface area contributed by atoms with Gasteiger partial charge in [0.25, 0.3) is 0 Å². The molecule has 1 saturated heterocycles. The molecule has 140 valence electrons. The van der Waals surface area contributed by atoms with Gasteiger partial charge in [0.1, 0.15) is 0 Å². The second-order valence-corrected chi connectivity index (χ2v) is 7.32. The summed E-state index contributed by atoms with van der Waals surface area (Å²) in [6, 6.07) is 8.61. The Morgan fingerprint density at radius 1 is 1.26 bits per heavy atom. The third kappa shape index (κ3) is 3.73. The number of hydrogen-bond donors (Lipinski definition) is 0. The first-order chi connectivity index (χ1) is 12.9. The van der Waals surface area contributed by atoms with Crippen LogP contribution in [0.1, 0.15) is 22.2 Å². The van der Waals surface area contributed by atoms with Crippen LogP contribution in [0, 0.1) is 0 Å². The minimum absolute atomic E-state index is 0.0336. The maximum atomic E-state index is 12.8. The van der Waals surface area contributed by atoms with Crippen LogP contribution in [0.5, 0.6) is 0 Å². The summed E-state index contributed by atoms with van der Waals surface area (Å²) in [5.74, 6) is 0.387. The van der Waals surface area contributed by atoms with Gasteiger partial charge in [-0.05, 0) is 23.6 Å². The van der Waals surface area contributed by atoms with Crippen LogP contribution in [0.25, 0.3) is 11.4 Å². The Balaban J connectivity index is 1.40. The standard InChI is InChI=1S/C18H14F3N3O2S/c19-18(20,21)13-4-1-3-11(7-13)16-22-17(26-23-16)12-9-24(10-12)15(25)8-14-5-2-6-27-14/h1-7,12H,8-10H2. The number of thiophene rings is 1. The topological polar surface area (TPSA) is 59.2 Å². The number of alkyl halides is 3. The molecule has 0 atom stereocenters. The molecule has 0 aliphatic carbocycles. The summed E-state index contributed by atoms with van der Waals surface area (Å²) in [7, 11) is 0. The van der Waals surface area contributed by atoms with Crippen LogP contribution in [0.3, 0.4) is 0 Å². The number of halogens is 3. The summed E-state index contributed by atoms with van der Waals surface area (Å²) in [5.41, 5.74) is -0.523. The van der Waals surface area contributed by atoms with E-state index < -0.39 is 11.7 Å². The molecule has 2 aromatic heterocycles. The molecular formula is C18H14F3N3O2S. The molecule has 0 radical (unpaired) electrons. The van der Waals surface area contributed by atoms with E-state index in [9.17, 15) is 18.0 Å². The van der Waals surface area contributed by atoms with Gasteiger partial charge in [0, 0.05) is 23.5 Å². The van der Waals surface area contributed by atoms with Crippen LogP contribution in [0.15, 0.2) is 46.3 Å².